The number of hydrogen-bond acceptors (Lipinski definition) is 5. The van der Waals surface area contributed by atoms with Gasteiger partial charge in [-0.15, -0.1) is 0 Å². The van der Waals surface area contributed by atoms with Gasteiger partial charge in [0.05, 0.1) is 24.9 Å². The lowest BCUT2D eigenvalue weighted by molar-refractivity contribution is -0.117. The van der Waals surface area contributed by atoms with Crippen LogP contribution in [-0.4, -0.2) is 61.4 Å². The third-order valence-electron chi connectivity index (χ3n) is 4.92. The average Bonchev–Trinajstić information content (AvgIpc) is 2.70. The van der Waals surface area contributed by atoms with Crippen LogP contribution in [0.3, 0.4) is 0 Å². The number of rotatable bonds is 7. The van der Waals surface area contributed by atoms with Crippen LogP contribution in [-0.2, 0) is 11.3 Å². The number of ether oxygens (including phenoxy) is 1. The van der Waals surface area contributed by atoms with E-state index in [1.54, 1.807) is 30.3 Å². The van der Waals surface area contributed by atoms with Crippen LogP contribution in [0.4, 0.5) is 10.1 Å². The highest BCUT2D eigenvalue weighted by Crippen LogP contribution is 2.19. The maximum absolute atomic E-state index is 13.8. The van der Waals surface area contributed by atoms with Crippen molar-refractivity contribution in [2.45, 2.75) is 6.54 Å². The minimum absolute atomic E-state index is 0.190. The first-order chi connectivity index (χ1) is 14.0. The number of carbonyl (C=O) groups excluding carboxylic acids is 2. The van der Waals surface area contributed by atoms with Crippen molar-refractivity contribution in [1.82, 2.24) is 9.80 Å². The zero-order valence-electron chi connectivity index (χ0n) is 16.4. The molecule has 8 heteroatoms. The number of para-hydroxylation sites is 1. The quantitative estimate of drug-likeness (QED) is 0.739. The normalized spacial score (nSPS) is 15.1. The Morgan fingerprint density at radius 3 is 2.45 bits per heavy atom. The molecule has 0 spiro atoms. The number of piperazine rings is 1. The van der Waals surface area contributed by atoms with Gasteiger partial charge in [0.1, 0.15) is 0 Å². The van der Waals surface area contributed by atoms with Gasteiger partial charge in [0, 0.05) is 32.7 Å². The number of primary amides is 1. The Balaban J connectivity index is 1.48. The molecule has 154 valence electrons. The second-order valence-corrected chi connectivity index (χ2v) is 6.98. The van der Waals surface area contributed by atoms with Crippen molar-refractivity contribution < 1.29 is 18.7 Å². The topological polar surface area (TPSA) is 87.9 Å². The summed E-state index contributed by atoms with van der Waals surface area (Å²) in [6, 6.07) is 11.7. The van der Waals surface area contributed by atoms with E-state index in [2.05, 4.69) is 10.2 Å². The van der Waals surface area contributed by atoms with Crippen molar-refractivity contribution >= 4 is 17.5 Å². The van der Waals surface area contributed by atoms with Crippen molar-refractivity contribution in [2.75, 3.05) is 45.2 Å². The van der Waals surface area contributed by atoms with Gasteiger partial charge in [-0.05, 0) is 29.8 Å². The molecule has 2 amide bonds. The predicted molar refractivity (Wildman–Crippen MR) is 108 cm³/mol. The zero-order valence-corrected chi connectivity index (χ0v) is 16.4. The molecule has 0 saturated carbocycles. The summed E-state index contributed by atoms with van der Waals surface area (Å²) in [4.78, 5) is 28.1. The summed E-state index contributed by atoms with van der Waals surface area (Å²) >= 11 is 0. The van der Waals surface area contributed by atoms with Gasteiger partial charge >= 0.3 is 0 Å². The maximum atomic E-state index is 13.8. The van der Waals surface area contributed by atoms with Crippen LogP contribution in [0, 0.1) is 5.82 Å². The molecule has 0 unspecified atom stereocenters. The molecule has 29 heavy (non-hydrogen) atoms. The molecule has 0 radical (unpaired) electrons. The highest BCUT2D eigenvalue weighted by atomic mass is 19.1. The lowest BCUT2D eigenvalue weighted by atomic mass is 10.1. The van der Waals surface area contributed by atoms with Gasteiger partial charge < -0.3 is 15.8 Å². The van der Waals surface area contributed by atoms with Gasteiger partial charge in [0.15, 0.2) is 11.6 Å². The van der Waals surface area contributed by atoms with Crippen LogP contribution in [0.15, 0.2) is 42.5 Å². The first kappa shape index (κ1) is 20.8. The molecule has 3 N–H and O–H groups in total. The largest absolute Gasteiger partial charge is 0.494 e. The molecule has 0 atom stereocenters. The van der Waals surface area contributed by atoms with E-state index in [-0.39, 0.29) is 29.6 Å². The van der Waals surface area contributed by atoms with Crippen LogP contribution in [0.2, 0.25) is 0 Å². The first-order valence-corrected chi connectivity index (χ1v) is 9.42. The van der Waals surface area contributed by atoms with Crippen LogP contribution in [0.5, 0.6) is 5.75 Å². The smallest absolute Gasteiger partial charge is 0.250 e. The van der Waals surface area contributed by atoms with Gasteiger partial charge in [-0.3, -0.25) is 19.4 Å². The third-order valence-corrected chi connectivity index (χ3v) is 4.92. The van der Waals surface area contributed by atoms with Crippen molar-refractivity contribution in [3.05, 3.63) is 59.4 Å². The Hall–Kier alpha value is -2.97. The molecule has 1 saturated heterocycles. The van der Waals surface area contributed by atoms with Crippen LogP contribution in [0.25, 0.3) is 0 Å². The lowest BCUT2D eigenvalue weighted by Gasteiger charge is -2.34. The summed E-state index contributed by atoms with van der Waals surface area (Å²) < 4.78 is 18.8. The van der Waals surface area contributed by atoms with Crippen molar-refractivity contribution in [1.29, 1.82) is 0 Å². The number of methoxy groups -OCH3 is 1. The highest BCUT2D eigenvalue weighted by molar-refractivity contribution is 6.03. The maximum Gasteiger partial charge on any atom is 0.250 e. The Morgan fingerprint density at radius 1 is 1.10 bits per heavy atom. The third kappa shape index (κ3) is 5.52. The number of nitrogens with zero attached hydrogens (tertiary/aromatic N) is 2. The van der Waals surface area contributed by atoms with Gasteiger partial charge in [-0.1, -0.05) is 18.2 Å². The standard InChI is InChI=1S/C21H25FN4O3/c1-29-19-7-6-15(12-17(19)22)13-25-8-10-26(11-9-25)14-20(27)24-18-5-3-2-4-16(18)21(23)28/h2-7,12H,8-11,13-14H2,1H3,(H2,23,28)(H,24,27). The van der Waals surface area contributed by atoms with E-state index in [1.807, 2.05) is 11.0 Å². The van der Waals surface area contributed by atoms with Crippen LogP contribution >= 0.6 is 0 Å². The Bertz CT molecular complexity index is 882. The van der Waals surface area contributed by atoms with Crippen molar-refractivity contribution in [2.24, 2.45) is 5.73 Å². The number of anilines is 1. The van der Waals surface area contributed by atoms with E-state index in [9.17, 15) is 14.0 Å². The molecule has 2 aromatic carbocycles. The SMILES string of the molecule is COc1ccc(CN2CCN(CC(=O)Nc3ccccc3C(N)=O)CC2)cc1F. The van der Waals surface area contributed by atoms with Gasteiger partial charge in [-0.2, -0.15) is 0 Å². The summed E-state index contributed by atoms with van der Waals surface area (Å²) in [6.45, 7) is 3.88. The summed E-state index contributed by atoms with van der Waals surface area (Å²) in [5.74, 6) is -0.895. The Morgan fingerprint density at radius 2 is 1.79 bits per heavy atom. The number of nitrogens with one attached hydrogen (secondary N) is 1. The van der Waals surface area contributed by atoms with E-state index in [0.29, 0.717) is 12.2 Å². The summed E-state index contributed by atoms with van der Waals surface area (Å²) in [7, 11) is 1.44. The molecule has 1 heterocycles. The minimum Gasteiger partial charge on any atom is -0.494 e. The van der Waals surface area contributed by atoms with E-state index < -0.39 is 5.91 Å². The van der Waals surface area contributed by atoms with Crippen molar-refractivity contribution in [3.63, 3.8) is 0 Å². The lowest BCUT2D eigenvalue weighted by Crippen LogP contribution is -2.48. The molecule has 2 aromatic rings. The molecule has 1 fully saturated rings. The summed E-state index contributed by atoms with van der Waals surface area (Å²) in [6.07, 6.45) is 0. The number of amides is 2. The van der Waals surface area contributed by atoms with Gasteiger partial charge in [0.25, 0.3) is 5.91 Å². The predicted octanol–water partition coefficient (Wildman–Crippen LogP) is 1.69. The number of carbonyl (C=O) groups is 2. The molecule has 0 aliphatic carbocycles. The van der Waals surface area contributed by atoms with E-state index in [4.69, 9.17) is 10.5 Å². The summed E-state index contributed by atoms with van der Waals surface area (Å²) in [5, 5.41) is 2.76. The molecular formula is C21H25FN4O3. The second-order valence-electron chi connectivity index (χ2n) is 6.98. The van der Waals surface area contributed by atoms with E-state index in [1.165, 1.54) is 13.2 Å². The van der Waals surface area contributed by atoms with E-state index >= 15 is 0 Å². The minimum atomic E-state index is -0.579. The van der Waals surface area contributed by atoms with Crippen LogP contribution < -0.4 is 15.8 Å². The highest BCUT2D eigenvalue weighted by Gasteiger charge is 2.20. The Labute approximate surface area is 169 Å². The van der Waals surface area contributed by atoms with Crippen molar-refractivity contribution in [3.8, 4) is 5.75 Å². The molecule has 0 aromatic heterocycles. The van der Waals surface area contributed by atoms with E-state index in [0.717, 1.165) is 31.7 Å². The Kier molecular flexibility index (Phi) is 6.79. The molecule has 1 aliphatic heterocycles. The number of hydrogen-bond donors (Lipinski definition) is 2. The number of halogens is 1. The molecule has 7 nitrogen and oxygen atoms in total. The molecule has 0 bridgehead atoms. The molecule has 1 aliphatic rings. The fourth-order valence-electron chi connectivity index (χ4n) is 3.37. The fraction of sp³-hybridized carbons (Fsp3) is 0.333. The summed E-state index contributed by atoms with van der Waals surface area (Å²) in [5.41, 5.74) is 6.94. The first-order valence-electron chi connectivity index (χ1n) is 9.42. The van der Waals surface area contributed by atoms with Gasteiger partial charge in [0.2, 0.25) is 5.91 Å². The zero-order chi connectivity index (χ0) is 20.8. The monoisotopic (exact) mass is 400 g/mol. The molecule has 3 rings (SSSR count). The van der Waals surface area contributed by atoms with Crippen LogP contribution in [0.1, 0.15) is 15.9 Å². The second kappa shape index (κ2) is 9.49. The average molecular weight is 400 g/mol. The molecular weight excluding hydrogens is 375 g/mol. The number of nitrogens with two attached hydrogens (primary N) is 1. The van der Waals surface area contributed by atoms with Gasteiger partial charge in [-0.25, -0.2) is 4.39 Å². The number of benzene rings is 2. The fourth-order valence-corrected chi connectivity index (χ4v) is 3.37.